The van der Waals surface area contributed by atoms with Crippen LogP contribution in [0.4, 0.5) is 0 Å². The Morgan fingerprint density at radius 1 is 1.47 bits per heavy atom. The Hall–Kier alpha value is 0.380. The van der Waals surface area contributed by atoms with E-state index in [2.05, 4.69) is 20.7 Å². The molecule has 0 amide bonds. The number of nitrogens with one attached hydrogen (secondary N) is 1. The predicted molar refractivity (Wildman–Crippen MR) is 74.2 cm³/mol. The Morgan fingerprint density at radius 3 is 2.65 bits per heavy atom. The fourth-order valence-electron chi connectivity index (χ4n) is 1.65. The van der Waals surface area contributed by atoms with E-state index in [-0.39, 0.29) is 5.41 Å². The molecule has 0 aromatic carbocycles. The van der Waals surface area contributed by atoms with Crippen molar-refractivity contribution >= 4 is 48.9 Å². The molecule has 1 fully saturated rings. The molecule has 96 valence electrons. The summed E-state index contributed by atoms with van der Waals surface area (Å²) < 4.78 is 27.8. The van der Waals surface area contributed by atoms with Crippen LogP contribution in [0.2, 0.25) is 0 Å². The summed E-state index contributed by atoms with van der Waals surface area (Å²) in [5, 5.41) is 0. The van der Waals surface area contributed by atoms with Crippen LogP contribution in [0.3, 0.4) is 0 Å². The summed E-state index contributed by atoms with van der Waals surface area (Å²) >= 11 is 10.2. The van der Waals surface area contributed by atoms with Gasteiger partial charge in [-0.25, -0.2) is 13.1 Å². The number of hydrogen-bond acceptors (Lipinski definition) is 3. The van der Waals surface area contributed by atoms with E-state index in [0.29, 0.717) is 16.6 Å². The molecule has 0 radical (unpaired) electrons. The summed E-state index contributed by atoms with van der Waals surface area (Å²) in [6, 6.07) is 3.35. The number of halogens is 2. The largest absolute Gasteiger partial charge is 0.250 e. The van der Waals surface area contributed by atoms with Crippen molar-refractivity contribution in [2.45, 2.75) is 23.5 Å². The second-order valence-electron chi connectivity index (χ2n) is 4.32. The first kappa shape index (κ1) is 13.8. The third-order valence-corrected chi connectivity index (χ3v) is 6.74. The third-order valence-electron chi connectivity index (χ3n) is 3.03. The summed E-state index contributed by atoms with van der Waals surface area (Å²) in [6.45, 7) is 0.498. The molecule has 0 atom stereocenters. The van der Waals surface area contributed by atoms with Gasteiger partial charge in [0.2, 0.25) is 10.0 Å². The SMILES string of the molecule is O=S(=O)(NCC1(CCCl)CC1)c1ccc(Br)s1. The molecular weight excluding hydrogens is 346 g/mol. The molecule has 0 unspecified atom stereocenters. The minimum atomic E-state index is -3.36. The number of rotatable bonds is 6. The molecule has 1 heterocycles. The quantitative estimate of drug-likeness (QED) is 0.794. The van der Waals surface area contributed by atoms with Gasteiger partial charge in [0, 0.05) is 12.4 Å². The van der Waals surface area contributed by atoms with Crippen LogP contribution in [0.25, 0.3) is 0 Å². The normalized spacial score (nSPS) is 18.2. The van der Waals surface area contributed by atoms with Crippen molar-refractivity contribution in [3.05, 3.63) is 15.9 Å². The highest BCUT2D eigenvalue weighted by molar-refractivity contribution is 9.11. The topological polar surface area (TPSA) is 46.2 Å². The molecule has 2 rings (SSSR count). The van der Waals surface area contributed by atoms with Gasteiger partial charge in [0.1, 0.15) is 4.21 Å². The van der Waals surface area contributed by atoms with E-state index in [1.54, 1.807) is 12.1 Å². The Labute approximate surface area is 119 Å². The van der Waals surface area contributed by atoms with E-state index in [9.17, 15) is 8.42 Å². The van der Waals surface area contributed by atoms with Crippen LogP contribution in [-0.4, -0.2) is 20.8 Å². The van der Waals surface area contributed by atoms with Gasteiger partial charge in [0.15, 0.2) is 0 Å². The number of alkyl halides is 1. The molecule has 0 aliphatic heterocycles. The van der Waals surface area contributed by atoms with Gasteiger partial charge in [0.05, 0.1) is 3.79 Å². The van der Waals surface area contributed by atoms with E-state index < -0.39 is 10.0 Å². The molecule has 1 N–H and O–H groups in total. The van der Waals surface area contributed by atoms with Crippen molar-refractivity contribution in [1.82, 2.24) is 4.72 Å². The van der Waals surface area contributed by atoms with Gasteiger partial charge < -0.3 is 0 Å². The fourth-order valence-corrected chi connectivity index (χ4v) is 5.27. The number of sulfonamides is 1. The first-order valence-electron chi connectivity index (χ1n) is 5.28. The highest BCUT2D eigenvalue weighted by Gasteiger charge is 2.42. The lowest BCUT2D eigenvalue weighted by atomic mass is 10.1. The van der Waals surface area contributed by atoms with Crippen molar-refractivity contribution < 1.29 is 8.42 Å². The molecule has 1 aliphatic rings. The van der Waals surface area contributed by atoms with E-state index in [1.807, 2.05) is 0 Å². The maximum atomic E-state index is 12.0. The predicted octanol–water partition coefficient (Wildman–Crippen LogP) is 3.20. The maximum absolute atomic E-state index is 12.0. The lowest BCUT2D eigenvalue weighted by Crippen LogP contribution is -2.30. The molecular formula is C10H13BrClNO2S2. The van der Waals surface area contributed by atoms with E-state index in [0.717, 1.165) is 23.0 Å². The summed E-state index contributed by atoms with van der Waals surface area (Å²) in [5.41, 5.74) is 0.114. The van der Waals surface area contributed by atoms with Gasteiger partial charge in [-0.15, -0.1) is 22.9 Å². The van der Waals surface area contributed by atoms with Crippen LogP contribution in [0.15, 0.2) is 20.1 Å². The monoisotopic (exact) mass is 357 g/mol. The summed E-state index contributed by atoms with van der Waals surface area (Å²) in [5.74, 6) is 0.590. The average molecular weight is 359 g/mol. The van der Waals surface area contributed by atoms with Crippen molar-refractivity contribution in [3.63, 3.8) is 0 Å². The van der Waals surface area contributed by atoms with Crippen LogP contribution >= 0.6 is 38.9 Å². The number of thiophene rings is 1. The molecule has 0 saturated heterocycles. The summed E-state index contributed by atoms with van der Waals surface area (Å²) in [6.07, 6.45) is 3.01. The minimum absolute atomic E-state index is 0.114. The molecule has 0 bridgehead atoms. The standard InChI is InChI=1S/C10H13BrClNO2S2/c11-8-1-2-9(16-8)17(14,15)13-7-10(3-4-10)5-6-12/h1-2,13H,3-7H2. The molecule has 3 nitrogen and oxygen atoms in total. The zero-order chi connectivity index (χ0) is 12.5. The molecule has 17 heavy (non-hydrogen) atoms. The smallest absolute Gasteiger partial charge is 0.210 e. The molecule has 7 heteroatoms. The highest BCUT2D eigenvalue weighted by Crippen LogP contribution is 2.48. The maximum Gasteiger partial charge on any atom is 0.250 e. The van der Waals surface area contributed by atoms with Gasteiger partial charge in [0.25, 0.3) is 0 Å². The average Bonchev–Trinajstić information content (AvgIpc) is 2.89. The zero-order valence-electron chi connectivity index (χ0n) is 9.08. The Balaban J connectivity index is 1.99. The van der Waals surface area contributed by atoms with Crippen LogP contribution < -0.4 is 4.72 Å². The van der Waals surface area contributed by atoms with Gasteiger partial charge in [-0.2, -0.15) is 0 Å². The van der Waals surface area contributed by atoms with E-state index in [4.69, 9.17) is 11.6 Å². The van der Waals surface area contributed by atoms with Crippen LogP contribution in [0.1, 0.15) is 19.3 Å². The zero-order valence-corrected chi connectivity index (χ0v) is 13.1. The second-order valence-corrected chi connectivity index (χ2v) is 9.16. The van der Waals surface area contributed by atoms with Crippen molar-refractivity contribution in [2.24, 2.45) is 5.41 Å². The van der Waals surface area contributed by atoms with Gasteiger partial charge in [-0.3, -0.25) is 0 Å². The lowest BCUT2D eigenvalue weighted by Gasteiger charge is -2.13. The summed E-state index contributed by atoms with van der Waals surface area (Å²) in [4.78, 5) is 0. The van der Waals surface area contributed by atoms with Gasteiger partial charge in [-0.05, 0) is 52.7 Å². The Kier molecular flexibility index (Phi) is 4.20. The van der Waals surface area contributed by atoms with E-state index >= 15 is 0 Å². The molecule has 1 aromatic heterocycles. The molecule has 1 aromatic rings. The summed E-state index contributed by atoms with van der Waals surface area (Å²) in [7, 11) is -3.36. The second kappa shape index (κ2) is 5.17. The highest BCUT2D eigenvalue weighted by atomic mass is 79.9. The fraction of sp³-hybridized carbons (Fsp3) is 0.600. The molecule has 1 aliphatic carbocycles. The van der Waals surface area contributed by atoms with Gasteiger partial charge in [-0.1, -0.05) is 0 Å². The van der Waals surface area contributed by atoms with Crippen molar-refractivity contribution in [2.75, 3.05) is 12.4 Å². The Bertz CT molecular complexity index is 496. The number of hydrogen-bond donors (Lipinski definition) is 1. The van der Waals surface area contributed by atoms with E-state index in [1.165, 1.54) is 11.3 Å². The van der Waals surface area contributed by atoms with Crippen LogP contribution in [0, 0.1) is 5.41 Å². The van der Waals surface area contributed by atoms with Crippen LogP contribution in [0.5, 0.6) is 0 Å². The molecule has 0 spiro atoms. The van der Waals surface area contributed by atoms with Crippen molar-refractivity contribution in [1.29, 1.82) is 0 Å². The van der Waals surface area contributed by atoms with Gasteiger partial charge >= 0.3 is 0 Å². The molecule has 1 saturated carbocycles. The van der Waals surface area contributed by atoms with Crippen molar-refractivity contribution in [3.8, 4) is 0 Å². The minimum Gasteiger partial charge on any atom is -0.210 e. The first-order chi connectivity index (χ1) is 7.97. The van der Waals surface area contributed by atoms with Crippen LogP contribution in [-0.2, 0) is 10.0 Å². The Morgan fingerprint density at radius 2 is 2.18 bits per heavy atom. The lowest BCUT2D eigenvalue weighted by molar-refractivity contribution is 0.478. The first-order valence-corrected chi connectivity index (χ1v) is 8.91. The third kappa shape index (κ3) is 3.44.